The van der Waals surface area contributed by atoms with E-state index in [-0.39, 0.29) is 11.9 Å². The highest BCUT2D eigenvalue weighted by molar-refractivity contribution is 6.34. The van der Waals surface area contributed by atoms with Gasteiger partial charge in [0.15, 0.2) is 0 Å². The molecule has 1 saturated heterocycles. The molecule has 0 saturated carbocycles. The molecule has 16 heavy (non-hydrogen) atoms. The third kappa shape index (κ3) is 1.22. The summed E-state index contributed by atoms with van der Waals surface area (Å²) in [5, 5.41) is 3.91. The Hall–Kier alpha value is -1.06. The van der Waals surface area contributed by atoms with Gasteiger partial charge in [-0.3, -0.25) is 4.79 Å². The number of halogens is 1. The SMILES string of the molecule is Cc1ccc(Cl)c2c1[C@@H]1CNCCN1C2=O. The van der Waals surface area contributed by atoms with E-state index in [0.717, 1.165) is 36.3 Å². The fourth-order valence-corrected chi connectivity index (χ4v) is 2.94. The second kappa shape index (κ2) is 3.47. The maximum atomic E-state index is 12.2. The molecule has 0 radical (unpaired) electrons. The summed E-state index contributed by atoms with van der Waals surface area (Å²) < 4.78 is 0. The number of piperazine rings is 1. The van der Waals surface area contributed by atoms with Gasteiger partial charge in [-0.1, -0.05) is 17.7 Å². The van der Waals surface area contributed by atoms with Gasteiger partial charge in [0.2, 0.25) is 0 Å². The second-order valence-electron chi connectivity index (χ2n) is 4.37. The van der Waals surface area contributed by atoms with Crippen LogP contribution in [0, 0.1) is 6.92 Å². The molecule has 84 valence electrons. The van der Waals surface area contributed by atoms with Crippen molar-refractivity contribution in [1.29, 1.82) is 0 Å². The summed E-state index contributed by atoms with van der Waals surface area (Å²) in [5.74, 6) is 0.0928. The summed E-state index contributed by atoms with van der Waals surface area (Å²) in [5.41, 5.74) is 2.99. The normalized spacial score (nSPS) is 23.2. The third-order valence-corrected chi connectivity index (χ3v) is 3.78. The molecule has 0 aliphatic carbocycles. The van der Waals surface area contributed by atoms with E-state index >= 15 is 0 Å². The number of nitrogens with zero attached hydrogens (tertiary/aromatic N) is 1. The van der Waals surface area contributed by atoms with Crippen LogP contribution in [0.5, 0.6) is 0 Å². The van der Waals surface area contributed by atoms with E-state index in [2.05, 4.69) is 5.32 Å². The number of fused-ring (bicyclic) bond motifs is 3. The van der Waals surface area contributed by atoms with Gasteiger partial charge in [-0.25, -0.2) is 0 Å². The van der Waals surface area contributed by atoms with Crippen molar-refractivity contribution in [3.8, 4) is 0 Å². The third-order valence-electron chi connectivity index (χ3n) is 3.46. The number of carbonyl (C=O) groups is 1. The van der Waals surface area contributed by atoms with Gasteiger partial charge >= 0.3 is 0 Å². The predicted molar refractivity (Wildman–Crippen MR) is 62.8 cm³/mol. The smallest absolute Gasteiger partial charge is 0.256 e. The summed E-state index contributed by atoms with van der Waals surface area (Å²) in [6.07, 6.45) is 0. The first kappa shape index (κ1) is 10.1. The molecule has 1 atom stereocenters. The van der Waals surface area contributed by atoms with Crippen molar-refractivity contribution < 1.29 is 4.79 Å². The number of amides is 1. The van der Waals surface area contributed by atoms with Crippen LogP contribution in [0.3, 0.4) is 0 Å². The van der Waals surface area contributed by atoms with E-state index in [9.17, 15) is 4.79 Å². The fourth-order valence-electron chi connectivity index (χ4n) is 2.69. The zero-order valence-electron chi connectivity index (χ0n) is 9.09. The van der Waals surface area contributed by atoms with Gasteiger partial charge in [0.1, 0.15) is 0 Å². The molecular weight excluding hydrogens is 224 g/mol. The van der Waals surface area contributed by atoms with Crippen molar-refractivity contribution in [1.82, 2.24) is 10.2 Å². The van der Waals surface area contributed by atoms with Crippen molar-refractivity contribution in [3.05, 3.63) is 33.8 Å². The predicted octanol–water partition coefficient (Wildman–Crippen LogP) is 1.75. The molecular formula is C12H13ClN2O. The van der Waals surface area contributed by atoms with E-state index in [1.54, 1.807) is 0 Å². The highest BCUT2D eigenvalue weighted by atomic mass is 35.5. The van der Waals surface area contributed by atoms with Crippen LogP contribution < -0.4 is 5.32 Å². The highest BCUT2D eigenvalue weighted by Crippen LogP contribution is 2.39. The molecule has 0 bridgehead atoms. The maximum Gasteiger partial charge on any atom is 0.256 e. The molecule has 1 N–H and O–H groups in total. The molecule has 0 aromatic heterocycles. The summed E-state index contributed by atoms with van der Waals surface area (Å²) >= 11 is 6.13. The first-order valence-corrected chi connectivity index (χ1v) is 5.88. The quantitative estimate of drug-likeness (QED) is 0.745. The number of aryl methyl sites for hydroxylation is 1. The molecule has 2 heterocycles. The molecule has 3 nitrogen and oxygen atoms in total. The lowest BCUT2D eigenvalue weighted by atomic mass is 9.98. The second-order valence-corrected chi connectivity index (χ2v) is 4.78. The lowest BCUT2D eigenvalue weighted by molar-refractivity contribution is 0.0691. The minimum absolute atomic E-state index is 0.0928. The Morgan fingerprint density at radius 2 is 2.31 bits per heavy atom. The number of carbonyl (C=O) groups excluding carboxylic acids is 1. The molecule has 2 aliphatic heterocycles. The molecule has 4 heteroatoms. The lowest BCUT2D eigenvalue weighted by Crippen LogP contribution is -2.44. The average molecular weight is 237 g/mol. The number of hydrogen-bond acceptors (Lipinski definition) is 2. The minimum atomic E-state index is 0.0928. The zero-order valence-corrected chi connectivity index (χ0v) is 9.84. The lowest BCUT2D eigenvalue weighted by Gasteiger charge is -2.31. The van der Waals surface area contributed by atoms with Crippen molar-refractivity contribution in [2.24, 2.45) is 0 Å². The molecule has 3 rings (SSSR count). The highest BCUT2D eigenvalue weighted by Gasteiger charge is 2.40. The van der Waals surface area contributed by atoms with Crippen molar-refractivity contribution >= 4 is 17.5 Å². The summed E-state index contributed by atoms with van der Waals surface area (Å²) in [6, 6.07) is 3.99. The fraction of sp³-hybridized carbons (Fsp3) is 0.417. The average Bonchev–Trinajstić information content (AvgIpc) is 2.60. The van der Waals surface area contributed by atoms with Gasteiger partial charge in [0.25, 0.3) is 5.91 Å². The summed E-state index contributed by atoms with van der Waals surface area (Å²) in [6.45, 7) is 4.52. The monoisotopic (exact) mass is 236 g/mol. The van der Waals surface area contributed by atoms with Crippen LogP contribution in [0.4, 0.5) is 0 Å². The number of benzene rings is 1. The molecule has 1 aromatic carbocycles. The maximum absolute atomic E-state index is 12.2. The first-order valence-electron chi connectivity index (χ1n) is 5.51. The van der Waals surface area contributed by atoms with Gasteiger partial charge in [-0.15, -0.1) is 0 Å². The summed E-state index contributed by atoms with van der Waals surface area (Å²) in [4.78, 5) is 14.1. The van der Waals surface area contributed by atoms with E-state index in [0.29, 0.717) is 5.02 Å². The van der Waals surface area contributed by atoms with Crippen LogP contribution in [0.2, 0.25) is 5.02 Å². The van der Waals surface area contributed by atoms with Crippen LogP contribution in [-0.4, -0.2) is 30.4 Å². The molecule has 0 spiro atoms. The Kier molecular flexibility index (Phi) is 2.19. The Morgan fingerprint density at radius 1 is 1.50 bits per heavy atom. The number of rotatable bonds is 0. The van der Waals surface area contributed by atoms with Gasteiger partial charge in [0, 0.05) is 19.6 Å². The first-order chi connectivity index (χ1) is 7.70. The topological polar surface area (TPSA) is 32.3 Å². The molecule has 1 aromatic rings. The number of hydrogen-bond donors (Lipinski definition) is 1. The van der Waals surface area contributed by atoms with Gasteiger partial charge in [-0.2, -0.15) is 0 Å². The van der Waals surface area contributed by atoms with E-state index in [1.807, 2.05) is 24.0 Å². The van der Waals surface area contributed by atoms with Crippen LogP contribution in [0.1, 0.15) is 27.5 Å². The van der Waals surface area contributed by atoms with E-state index in [1.165, 1.54) is 0 Å². The molecule has 0 unspecified atom stereocenters. The largest absolute Gasteiger partial charge is 0.329 e. The minimum Gasteiger partial charge on any atom is -0.329 e. The Labute approximate surface area is 99.4 Å². The molecule has 1 amide bonds. The van der Waals surface area contributed by atoms with Crippen molar-refractivity contribution in [3.63, 3.8) is 0 Å². The number of nitrogens with one attached hydrogen (secondary N) is 1. The van der Waals surface area contributed by atoms with E-state index < -0.39 is 0 Å². The van der Waals surface area contributed by atoms with E-state index in [4.69, 9.17) is 11.6 Å². The van der Waals surface area contributed by atoms with Crippen molar-refractivity contribution in [2.45, 2.75) is 13.0 Å². The van der Waals surface area contributed by atoms with Gasteiger partial charge in [-0.05, 0) is 24.1 Å². The Morgan fingerprint density at radius 3 is 3.12 bits per heavy atom. The van der Waals surface area contributed by atoms with Crippen LogP contribution in [0.25, 0.3) is 0 Å². The summed E-state index contributed by atoms with van der Waals surface area (Å²) in [7, 11) is 0. The van der Waals surface area contributed by atoms with Gasteiger partial charge < -0.3 is 10.2 Å². The van der Waals surface area contributed by atoms with Crippen LogP contribution >= 0.6 is 11.6 Å². The zero-order chi connectivity index (χ0) is 11.3. The molecule has 2 aliphatic rings. The van der Waals surface area contributed by atoms with Gasteiger partial charge in [0.05, 0.1) is 16.6 Å². The standard InChI is InChI=1S/C12H13ClN2O/c1-7-2-3-8(13)11-10(7)9-6-14-4-5-15(9)12(11)16/h2-3,9,14H,4-6H2,1H3/t9-/m0/s1. The Bertz CT molecular complexity index is 472. The Balaban J connectivity index is 2.21. The van der Waals surface area contributed by atoms with Crippen LogP contribution in [0.15, 0.2) is 12.1 Å². The van der Waals surface area contributed by atoms with Crippen LogP contribution in [-0.2, 0) is 0 Å². The van der Waals surface area contributed by atoms with Crippen molar-refractivity contribution in [2.75, 3.05) is 19.6 Å². The molecule has 1 fully saturated rings.